The lowest BCUT2D eigenvalue weighted by atomic mass is 9.92. The second-order valence-corrected chi connectivity index (χ2v) is 12.2. The first kappa shape index (κ1) is 26.7. The number of amidine groups is 2. The van der Waals surface area contributed by atoms with Crippen LogP contribution in [0.3, 0.4) is 0 Å². The predicted molar refractivity (Wildman–Crippen MR) is 196 cm³/mol. The Kier molecular flexibility index (Phi) is 5.87. The number of rotatable bonds is 4. The van der Waals surface area contributed by atoms with E-state index in [1.807, 2.05) is 66.7 Å². The highest BCUT2D eigenvalue weighted by molar-refractivity contribution is 6.19. The van der Waals surface area contributed by atoms with Crippen LogP contribution < -0.4 is 5.32 Å². The molecule has 0 amide bonds. The van der Waals surface area contributed by atoms with Gasteiger partial charge in [-0.25, -0.2) is 9.98 Å². The normalized spacial score (nSPS) is 14.9. The van der Waals surface area contributed by atoms with Crippen LogP contribution in [0.1, 0.15) is 22.9 Å². The summed E-state index contributed by atoms with van der Waals surface area (Å²) in [5, 5.41) is 10.3. The van der Waals surface area contributed by atoms with E-state index in [1.54, 1.807) is 0 Å². The molecule has 1 aliphatic rings. The molecule has 10 rings (SSSR count). The largest absolute Gasteiger partial charge is 0.456 e. The first-order valence-electron chi connectivity index (χ1n) is 16.1. The third kappa shape index (κ3) is 4.18. The van der Waals surface area contributed by atoms with E-state index in [2.05, 4.69) is 90.2 Å². The fourth-order valence-electron chi connectivity index (χ4n) is 7.17. The van der Waals surface area contributed by atoms with E-state index in [4.69, 9.17) is 18.8 Å². The Balaban J connectivity index is 1.22. The van der Waals surface area contributed by atoms with E-state index in [-0.39, 0.29) is 0 Å². The average Bonchev–Trinajstić information content (AvgIpc) is 3.73. The minimum atomic E-state index is -0.395. The molecule has 0 saturated carbocycles. The maximum Gasteiger partial charge on any atom is 0.159 e. The van der Waals surface area contributed by atoms with Gasteiger partial charge in [-0.3, -0.25) is 0 Å². The zero-order chi connectivity index (χ0) is 31.6. The molecular weight excluding hydrogens is 590 g/mol. The van der Waals surface area contributed by atoms with Gasteiger partial charge >= 0.3 is 0 Å². The lowest BCUT2D eigenvalue weighted by Gasteiger charge is -2.24. The lowest BCUT2D eigenvalue weighted by molar-refractivity contribution is 0.662. The summed E-state index contributed by atoms with van der Waals surface area (Å²) in [5.41, 5.74) is 8.64. The topological polar surface area (TPSA) is 63.0 Å². The van der Waals surface area contributed by atoms with Crippen LogP contribution in [-0.4, -0.2) is 11.7 Å². The van der Waals surface area contributed by atoms with Crippen molar-refractivity contribution in [2.75, 3.05) is 0 Å². The van der Waals surface area contributed by atoms with Crippen LogP contribution >= 0.6 is 0 Å². The maximum absolute atomic E-state index is 6.30. The maximum atomic E-state index is 6.30. The number of benzene rings is 7. The minimum Gasteiger partial charge on any atom is -0.456 e. The molecule has 1 N–H and O–H groups in total. The highest BCUT2D eigenvalue weighted by atomic mass is 16.3. The van der Waals surface area contributed by atoms with Crippen molar-refractivity contribution < 1.29 is 8.83 Å². The van der Waals surface area contributed by atoms with Crippen LogP contribution in [-0.2, 0) is 0 Å². The van der Waals surface area contributed by atoms with Crippen LogP contribution in [0, 0.1) is 0 Å². The third-order valence-electron chi connectivity index (χ3n) is 9.33. The SMILES string of the molecule is c1ccc(C2=NC(c3cc(-c4cccc5oc6ccccc6c45)c4ccccc4c3)=NC(c3cccc4oc5ccccc5c34)N2)cc1. The van der Waals surface area contributed by atoms with Crippen LogP contribution in [0.15, 0.2) is 170 Å². The number of hydrogen-bond donors (Lipinski definition) is 1. The number of fused-ring (bicyclic) bond motifs is 7. The lowest BCUT2D eigenvalue weighted by Crippen LogP contribution is -2.33. The molecule has 48 heavy (non-hydrogen) atoms. The number of hydrogen-bond acceptors (Lipinski definition) is 5. The van der Waals surface area contributed by atoms with Gasteiger partial charge in [-0.2, -0.15) is 0 Å². The Morgan fingerprint density at radius 2 is 1.10 bits per heavy atom. The summed E-state index contributed by atoms with van der Waals surface area (Å²) in [4.78, 5) is 10.5. The van der Waals surface area contributed by atoms with Gasteiger partial charge in [-0.15, -0.1) is 0 Å². The van der Waals surface area contributed by atoms with Gasteiger partial charge in [0.15, 0.2) is 5.84 Å². The highest BCUT2D eigenvalue weighted by Gasteiger charge is 2.25. The average molecular weight is 618 g/mol. The van der Waals surface area contributed by atoms with E-state index in [1.165, 1.54) is 0 Å². The molecule has 0 bridgehead atoms. The molecule has 7 aromatic carbocycles. The zero-order valence-corrected chi connectivity index (χ0v) is 25.7. The fraction of sp³-hybridized carbons (Fsp3) is 0.0233. The molecule has 1 atom stereocenters. The molecule has 1 unspecified atom stereocenters. The smallest absolute Gasteiger partial charge is 0.159 e. The van der Waals surface area contributed by atoms with Gasteiger partial charge in [0, 0.05) is 38.2 Å². The van der Waals surface area contributed by atoms with Gasteiger partial charge in [0.2, 0.25) is 0 Å². The highest BCUT2D eigenvalue weighted by Crippen LogP contribution is 2.41. The van der Waals surface area contributed by atoms with Crippen LogP contribution in [0.5, 0.6) is 0 Å². The van der Waals surface area contributed by atoms with Gasteiger partial charge in [-0.05, 0) is 58.3 Å². The Bertz CT molecular complexity index is 2770. The van der Waals surface area contributed by atoms with Crippen molar-refractivity contribution >= 4 is 66.3 Å². The summed E-state index contributed by atoms with van der Waals surface area (Å²) < 4.78 is 12.6. The van der Waals surface area contributed by atoms with E-state index in [0.29, 0.717) is 5.84 Å². The Morgan fingerprint density at radius 1 is 0.479 bits per heavy atom. The van der Waals surface area contributed by atoms with Gasteiger partial charge in [-0.1, -0.05) is 115 Å². The van der Waals surface area contributed by atoms with Gasteiger partial charge in [0.25, 0.3) is 0 Å². The number of para-hydroxylation sites is 2. The standard InChI is InChI=1S/C43H27N3O2/c1-2-12-26(13-3-1)41-44-42(46-43(45-41)33-19-11-23-38-40(33)32-17-7-9-21-36(32)48-38)28-24-27-14-4-5-15-29(27)34(25-28)30-18-10-22-37-39(30)31-16-6-8-20-35(31)47-37/h1-25,43H,(H,44,45,46). The summed E-state index contributed by atoms with van der Waals surface area (Å²) in [5.74, 6) is 1.44. The van der Waals surface area contributed by atoms with E-state index in [0.717, 1.165) is 88.3 Å². The van der Waals surface area contributed by atoms with Crippen LogP contribution in [0.2, 0.25) is 0 Å². The predicted octanol–water partition coefficient (Wildman–Crippen LogP) is 10.8. The van der Waals surface area contributed by atoms with E-state index < -0.39 is 6.17 Å². The molecule has 5 nitrogen and oxygen atoms in total. The zero-order valence-electron chi connectivity index (χ0n) is 25.7. The molecule has 0 aliphatic carbocycles. The summed E-state index contributed by atoms with van der Waals surface area (Å²) in [6, 6.07) is 52.1. The third-order valence-corrected chi connectivity index (χ3v) is 9.33. The molecule has 226 valence electrons. The Morgan fingerprint density at radius 3 is 1.90 bits per heavy atom. The summed E-state index contributed by atoms with van der Waals surface area (Å²) in [6.07, 6.45) is -0.395. The van der Waals surface area contributed by atoms with Crippen molar-refractivity contribution in [1.82, 2.24) is 5.32 Å². The minimum absolute atomic E-state index is 0.395. The molecule has 2 aromatic heterocycles. The van der Waals surface area contributed by atoms with Crippen molar-refractivity contribution in [3.8, 4) is 11.1 Å². The molecular formula is C43H27N3O2. The molecule has 9 aromatic rings. The quantitative estimate of drug-likeness (QED) is 0.214. The molecule has 5 heteroatoms. The number of nitrogens with one attached hydrogen (secondary N) is 1. The summed E-state index contributed by atoms with van der Waals surface area (Å²) in [6.45, 7) is 0. The molecule has 0 saturated heterocycles. The Hall–Kier alpha value is -6.46. The van der Waals surface area contributed by atoms with Crippen molar-refractivity contribution in [1.29, 1.82) is 0 Å². The second-order valence-electron chi connectivity index (χ2n) is 12.2. The van der Waals surface area contributed by atoms with Crippen molar-refractivity contribution in [2.24, 2.45) is 9.98 Å². The first-order chi connectivity index (χ1) is 23.8. The fourth-order valence-corrected chi connectivity index (χ4v) is 7.17. The van der Waals surface area contributed by atoms with Crippen LogP contribution in [0.25, 0.3) is 65.8 Å². The molecule has 3 heterocycles. The van der Waals surface area contributed by atoms with Crippen molar-refractivity contribution in [3.63, 3.8) is 0 Å². The van der Waals surface area contributed by atoms with Gasteiger partial charge in [0.1, 0.15) is 34.3 Å². The molecule has 1 aliphatic heterocycles. The summed E-state index contributed by atoms with van der Waals surface area (Å²) >= 11 is 0. The van der Waals surface area contributed by atoms with Gasteiger partial charge < -0.3 is 14.2 Å². The van der Waals surface area contributed by atoms with Crippen LogP contribution in [0.4, 0.5) is 0 Å². The number of aliphatic imine (C=N–C) groups is 2. The first-order valence-corrected chi connectivity index (χ1v) is 16.1. The summed E-state index contributed by atoms with van der Waals surface area (Å²) in [7, 11) is 0. The molecule has 0 radical (unpaired) electrons. The van der Waals surface area contributed by atoms with E-state index >= 15 is 0 Å². The van der Waals surface area contributed by atoms with Crippen molar-refractivity contribution in [2.45, 2.75) is 6.17 Å². The second kappa shape index (κ2) is 10.5. The van der Waals surface area contributed by atoms with Crippen molar-refractivity contribution in [3.05, 3.63) is 168 Å². The molecule has 0 spiro atoms. The van der Waals surface area contributed by atoms with E-state index in [9.17, 15) is 0 Å². The number of furan rings is 2. The molecule has 0 fully saturated rings. The van der Waals surface area contributed by atoms with Gasteiger partial charge in [0.05, 0.1) is 0 Å². The Labute approximate surface area is 275 Å². The monoisotopic (exact) mass is 617 g/mol. The number of nitrogens with zero attached hydrogens (tertiary/aromatic N) is 2.